The van der Waals surface area contributed by atoms with Crippen molar-refractivity contribution in [3.05, 3.63) is 48.3 Å². The van der Waals surface area contributed by atoms with E-state index in [2.05, 4.69) is 62.9 Å². The first-order valence-corrected chi connectivity index (χ1v) is 11.6. The van der Waals surface area contributed by atoms with Crippen LogP contribution < -0.4 is 5.32 Å². The minimum absolute atomic E-state index is 0.879. The highest BCUT2D eigenvalue weighted by Gasteiger charge is 2.16. The molecule has 5 rings (SSSR count). The molecule has 0 saturated carbocycles. The van der Waals surface area contributed by atoms with Gasteiger partial charge in [0.1, 0.15) is 10.3 Å². The molecule has 4 aromatic rings. The Morgan fingerprint density at radius 3 is 2.79 bits per heavy atom. The molecule has 144 valence electrons. The second-order valence-corrected chi connectivity index (χ2v) is 9.32. The first-order valence-electron chi connectivity index (χ1n) is 9.66. The second-order valence-electron chi connectivity index (χ2n) is 7.07. The molecule has 5 nitrogen and oxygen atoms in total. The van der Waals surface area contributed by atoms with Crippen molar-refractivity contribution < 1.29 is 0 Å². The summed E-state index contributed by atoms with van der Waals surface area (Å²) in [5, 5.41) is 3.55. The molecule has 0 spiro atoms. The molecular weight excluding hydrogens is 386 g/mol. The number of fused-ring (bicyclic) bond motifs is 3. The summed E-state index contributed by atoms with van der Waals surface area (Å²) in [6, 6.07) is 12.7. The SMILES string of the molecule is Cc1cnc2c(NCCN3CCSCC3)nc3cc(-c4ccccc4)sc3n12. The fourth-order valence-electron chi connectivity index (χ4n) is 3.66. The van der Waals surface area contributed by atoms with Gasteiger partial charge in [0.25, 0.3) is 0 Å². The molecule has 0 bridgehead atoms. The molecule has 0 atom stereocenters. The molecular formula is C21H23N5S2. The lowest BCUT2D eigenvalue weighted by molar-refractivity contribution is 0.314. The van der Waals surface area contributed by atoms with Gasteiger partial charge in [-0.15, -0.1) is 11.3 Å². The van der Waals surface area contributed by atoms with E-state index in [1.165, 1.54) is 35.0 Å². The number of hydrogen-bond donors (Lipinski definition) is 1. The Bertz CT molecular complexity index is 1100. The molecule has 0 radical (unpaired) electrons. The maximum absolute atomic E-state index is 4.94. The minimum Gasteiger partial charge on any atom is -0.366 e. The molecule has 4 heterocycles. The van der Waals surface area contributed by atoms with Crippen LogP contribution in [0.2, 0.25) is 0 Å². The van der Waals surface area contributed by atoms with Crippen molar-refractivity contribution in [2.45, 2.75) is 6.92 Å². The van der Waals surface area contributed by atoms with E-state index in [0.717, 1.165) is 40.6 Å². The van der Waals surface area contributed by atoms with Crippen molar-refractivity contribution in [1.29, 1.82) is 0 Å². The molecule has 1 N–H and O–H groups in total. The largest absolute Gasteiger partial charge is 0.366 e. The van der Waals surface area contributed by atoms with Gasteiger partial charge in [-0.1, -0.05) is 30.3 Å². The Labute approximate surface area is 172 Å². The van der Waals surface area contributed by atoms with Crippen molar-refractivity contribution in [2.24, 2.45) is 0 Å². The number of hydrogen-bond acceptors (Lipinski definition) is 6. The van der Waals surface area contributed by atoms with Crippen LogP contribution >= 0.6 is 23.1 Å². The Kier molecular flexibility index (Phi) is 4.96. The molecule has 0 aliphatic carbocycles. The molecule has 1 aromatic carbocycles. The normalized spacial score (nSPS) is 15.5. The summed E-state index contributed by atoms with van der Waals surface area (Å²) in [6.07, 6.45) is 1.94. The molecule has 1 aliphatic rings. The fraction of sp³-hybridized carbons (Fsp3) is 0.333. The molecule has 3 aromatic heterocycles. The number of rotatable bonds is 5. The maximum Gasteiger partial charge on any atom is 0.181 e. The highest BCUT2D eigenvalue weighted by molar-refractivity contribution is 7.99. The lowest BCUT2D eigenvalue weighted by Gasteiger charge is -2.26. The van der Waals surface area contributed by atoms with E-state index >= 15 is 0 Å². The van der Waals surface area contributed by atoms with Crippen LogP contribution in [0, 0.1) is 6.92 Å². The third kappa shape index (κ3) is 3.38. The lowest BCUT2D eigenvalue weighted by Crippen LogP contribution is -2.36. The van der Waals surface area contributed by atoms with Crippen LogP contribution in [-0.4, -0.2) is 57.0 Å². The number of thioether (sulfide) groups is 1. The lowest BCUT2D eigenvalue weighted by atomic mass is 10.2. The summed E-state index contributed by atoms with van der Waals surface area (Å²) < 4.78 is 2.24. The minimum atomic E-state index is 0.879. The van der Waals surface area contributed by atoms with Crippen LogP contribution in [0.25, 0.3) is 26.4 Å². The van der Waals surface area contributed by atoms with E-state index in [9.17, 15) is 0 Å². The summed E-state index contributed by atoms with van der Waals surface area (Å²) in [4.78, 5) is 14.5. The topological polar surface area (TPSA) is 45.5 Å². The molecule has 1 saturated heterocycles. The van der Waals surface area contributed by atoms with Gasteiger partial charge in [0, 0.05) is 54.5 Å². The van der Waals surface area contributed by atoms with Gasteiger partial charge in [0.05, 0.1) is 0 Å². The predicted octanol–water partition coefficient (Wildman–Crippen LogP) is 4.38. The predicted molar refractivity (Wildman–Crippen MR) is 121 cm³/mol. The number of aryl methyl sites for hydroxylation is 1. The summed E-state index contributed by atoms with van der Waals surface area (Å²) in [7, 11) is 0. The summed E-state index contributed by atoms with van der Waals surface area (Å²) in [6.45, 7) is 6.41. The van der Waals surface area contributed by atoms with Crippen LogP contribution in [0.15, 0.2) is 42.6 Å². The van der Waals surface area contributed by atoms with Crippen molar-refractivity contribution in [2.75, 3.05) is 43.0 Å². The zero-order valence-corrected chi connectivity index (χ0v) is 17.5. The number of nitrogens with zero attached hydrogens (tertiary/aromatic N) is 4. The van der Waals surface area contributed by atoms with Crippen LogP contribution in [-0.2, 0) is 0 Å². The standard InChI is InChI=1S/C21H23N5S2/c1-15-14-23-20-19(22-7-8-25-9-11-27-12-10-25)24-17-13-18(28-21(17)26(15)20)16-5-3-2-4-6-16/h2-6,13-14H,7-12H2,1H3,(H,22,24). The third-order valence-electron chi connectivity index (χ3n) is 5.16. The number of nitrogens with one attached hydrogen (secondary N) is 1. The van der Waals surface area contributed by atoms with E-state index in [0.29, 0.717) is 0 Å². The van der Waals surface area contributed by atoms with Gasteiger partial charge in [0.2, 0.25) is 0 Å². The smallest absolute Gasteiger partial charge is 0.181 e. The van der Waals surface area contributed by atoms with Crippen LogP contribution in [0.1, 0.15) is 5.69 Å². The first kappa shape index (κ1) is 18.0. The van der Waals surface area contributed by atoms with Gasteiger partial charge < -0.3 is 5.32 Å². The van der Waals surface area contributed by atoms with E-state index in [-0.39, 0.29) is 0 Å². The number of imidazole rings is 1. The van der Waals surface area contributed by atoms with Gasteiger partial charge in [-0.25, -0.2) is 9.97 Å². The van der Waals surface area contributed by atoms with Crippen molar-refractivity contribution in [3.8, 4) is 10.4 Å². The average Bonchev–Trinajstić information content (AvgIpc) is 3.33. The fourth-order valence-corrected chi connectivity index (χ4v) is 5.81. The van der Waals surface area contributed by atoms with E-state index in [1.54, 1.807) is 11.3 Å². The Morgan fingerprint density at radius 1 is 1.14 bits per heavy atom. The molecule has 28 heavy (non-hydrogen) atoms. The summed E-state index contributed by atoms with van der Waals surface area (Å²) in [5.74, 6) is 3.36. The van der Waals surface area contributed by atoms with Gasteiger partial charge in [-0.05, 0) is 18.6 Å². The Hall–Kier alpha value is -2.09. The van der Waals surface area contributed by atoms with Crippen molar-refractivity contribution in [1.82, 2.24) is 19.3 Å². The van der Waals surface area contributed by atoms with Crippen molar-refractivity contribution in [3.63, 3.8) is 0 Å². The van der Waals surface area contributed by atoms with Crippen LogP contribution in [0.3, 0.4) is 0 Å². The quantitative estimate of drug-likeness (QED) is 0.530. The average molecular weight is 410 g/mol. The number of benzene rings is 1. The zero-order chi connectivity index (χ0) is 18.9. The van der Waals surface area contributed by atoms with Gasteiger partial charge >= 0.3 is 0 Å². The molecule has 7 heteroatoms. The van der Waals surface area contributed by atoms with Crippen LogP contribution in [0.5, 0.6) is 0 Å². The summed E-state index contributed by atoms with van der Waals surface area (Å²) >= 11 is 3.82. The van der Waals surface area contributed by atoms with E-state index in [4.69, 9.17) is 4.98 Å². The van der Waals surface area contributed by atoms with Gasteiger partial charge in [0.15, 0.2) is 11.5 Å². The number of aromatic nitrogens is 3. The first-order chi connectivity index (χ1) is 13.8. The molecule has 1 fully saturated rings. The van der Waals surface area contributed by atoms with Gasteiger partial charge in [-0.3, -0.25) is 9.30 Å². The Morgan fingerprint density at radius 2 is 1.96 bits per heavy atom. The van der Waals surface area contributed by atoms with E-state index < -0.39 is 0 Å². The molecule has 1 aliphatic heterocycles. The van der Waals surface area contributed by atoms with Gasteiger partial charge in [-0.2, -0.15) is 11.8 Å². The Balaban J connectivity index is 1.48. The summed E-state index contributed by atoms with van der Waals surface area (Å²) in [5.41, 5.74) is 4.31. The molecule has 0 unspecified atom stereocenters. The maximum atomic E-state index is 4.94. The highest BCUT2D eigenvalue weighted by atomic mass is 32.2. The number of anilines is 1. The highest BCUT2D eigenvalue weighted by Crippen LogP contribution is 2.35. The van der Waals surface area contributed by atoms with E-state index in [1.807, 2.05) is 18.0 Å². The molecule has 0 amide bonds. The monoisotopic (exact) mass is 409 g/mol. The third-order valence-corrected chi connectivity index (χ3v) is 7.26. The zero-order valence-electron chi connectivity index (χ0n) is 15.9. The number of thiophene rings is 1. The second kappa shape index (κ2) is 7.73. The van der Waals surface area contributed by atoms with Crippen molar-refractivity contribution >= 4 is 44.9 Å². The van der Waals surface area contributed by atoms with Crippen LogP contribution in [0.4, 0.5) is 5.82 Å².